The summed E-state index contributed by atoms with van der Waals surface area (Å²) in [6.45, 7) is 4.57. The lowest BCUT2D eigenvalue weighted by Crippen LogP contribution is -2.30. The molecule has 0 aliphatic carbocycles. The molecule has 0 aliphatic heterocycles. The number of carbonyl (C=O) groups is 1. The molecule has 39 heavy (non-hydrogen) atoms. The molecular formula is C24H22ClF4N7O2S. The molecule has 4 rings (SSSR count). The van der Waals surface area contributed by atoms with Crippen molar-refractivity contribution in [3.8, 4) is 11.1 Å². The lowest BCUT2D eigenvalue weighted by Gasteiger charge is -2.24. The molecule has 0 radical (unpaired) electrons. The quantitative estimate of drug-likeness (QED) is 0.170. The van der Waals surface area contributed by atoms with Gasteiger partial charge < -0.3 is 10.6 Å². The zero-order valence-electron chi connectivity index (χ0n) is 21.2. The van der Waals surface area contributed by atoms with Crippen molar-refractivity contribution in [1.82, 2.24) is 24.3 Å². The van der Waals surface area contributed by atoms with Crippen LogP contribution in [0.15, 0.2) is 40.5 Å². The summed E-state index contributed by atoms with van der Waals surface area (Å²) >= 11 is 7.56. The Morgan fingerprint density at radius 3 is 2.33 bits per heavy atom. The van der Waals surface area contributed by atoms with E-state index in [1.165, 1.54) is 56.4 Å². The minimum Gasteiger partial charge on any atom is -0.305 e. The van der Waals surface area contributed by atoms with Crippen LogP contribution in [0.5, 0.6) is 0 Å². The number of aromatic nitrogens is 5. The summed E-state index contributed by atoms with van der Waals surface area (Å²) in [5, 5.41) is 8.87. The third-order valence-electron chi connectivity index (χ3n) is 5.63. The van der Waals surface area contributed by atoms with Crippen LogP contribution in [0.25, 0.3) is 22.2 Å². The van der Waals surface area contributed by atoms with Gasteiger partial charge in [-0.05, 0) is 45.2 Å². The molecule has 206 valence electrons. The van der Waals surface area contributed by atoms with Gasteiger partial charge in [-0.3, -0.25) is 14.0 Å². The number of hydrogen-bond donors (Lipinski definition) is 2. The van der Waals surface area contributed by atoms with E-state index in [9.17, 15) is 27.2 Å². The summed E-state index contributed by atoms with van der Waals surface area (Å²) in [6, 6.07) is 2.34. The zero-order chi connectivity index (χ0) is 28.9. The molecule has 0 saturated carbocycles. The summed E-state index contributed by atoms with van der Waals surface area (Å²) in [5.74, 6) is -0.967. The van der Waals surface area contributed by atoms with Gasteiger partial charge in [-0.2, -0.15) is 18.3 Å². The van der Waals surface area contributed by atoms with Crippen LogP contribution in [0.1, 0.15) is 26.5 Å². The molecule has 0 bridgehead atoms. The Morgan fingerprint density at radius 2 is 1.72 bits per heavy atom. The number of amides is 2. The van der Waals surface area contributed by atoms with Crippen molar-refractivity contribution >= 4 is 51.8 Å². The van der Waals surface area contributed by atoms with Gasteiger partial charge in [-0.15, -0.1) is 0 Å². The van der Waals surface area contributed by atoms with Gasteiger partial charge in [0.25, 0.3) is 5.56 Å². The normalized spacial score (nSPS) is 12.2. The lowest BCUT2D eigenvalue weighted by molar-refractivity contribution is -0.145. The van der Waals surface area contributed by atoms with Crippen LogP contribution in [-0.2, 0) is 18.8 Å². The molecular weight excluding hydrogens is 562 g/mol. The fraction of sp³-hybridized carbons (Fsp3) is 0.292. The molecule has 0 aliphatic rings. The van der Waals surface area contributed by atoms with Gasteiger partial charge >= 0.3 is 12.2 Å². The Labute approximate surface area is 228 Å². The molecule has 4 aromatic rings. The number of urea groups is 1. The van der Waals surface area contributed by atoms with E-state index in [-0.39, 0.29) is 16.1 Å². The Balaban J connectivity index is 1.71. The van der Waals surface area contributed by atoms with Gasteiger partial charge in [0.2, 0.25) is 0 Å². The predicted octanol–water partition coefficient (Wildman–Crippen LogP) is 6.12. The fourth-order valence-electron chi connectivity index (χ4n) is 3.87. The molecule has 2 N–H and O–H groups in total. The van der Waals surface area contributed by atoms with Crippen molar-refractivity contribution in [3.05, 3.63) is 57.5 Å². The average Bonchev–Trinajstić information content (AvgIpc) is 3.28. The highest BCUT2D eigenvalue weighted by Gasteiger charge is 2.41. The van der Waals surface area contributed by atoms with Crippen molar-refractivity contribution in [2.24, 2.45) is 7.05 Å². The van der Waals surface area contributed by atoms with Crippen molar-refractivity contribution in [2.75, 3.05) is 16.9 Å². The van der Waals surface area contributed by atoms with E-state index in [2.05, 4.69) is 25.7 Å². The highest BCUT2D eigenvalue weighted by molar-refractivity contribution is 7.98. The van der Waals surface area contributed by atoms with Crippen LogP contribution in [-0.4, -0.2) is 36.6 Å². The Morgan fingerprint density at radius 1 is 1.05 bits per heavy atom. The first-order valence-electron chi connectivity index (χ1n) is 11.3. The minimum atomic E-state index is -4.83. The smallest absolute Gasteiger partial charge is 0.305 e. The summed E-state index contributed by atoms with van der Waals surface area (Å²) in [7, 11) is 1.51. The maximum Gasteiger partial charge on any atom is 0.435 e. The number of hydrogen-bond acceptors (Lipinski definition) is 6. The Kier molecular flexibility index (Phi) is 7.38. The third-order valence-corrected chi connectivity index (χ3v) is 6.50. The highest BCUT2D eigenvalue weighted by Crippen LogP contribution is 2.38. The summed E-state index contributed by atoms with van der Waals surface area (Å²) in [4.78, 5) is 34.3. The number of thioether (sulfide) groups is 1. The SMILES string of the molecule is CSc1ncc2cc(-c3cc(NC(=O)Nc4cnn(C(C)(C)C)c4C(F)(F)F)c(F)cc3Cl)c(=O)n(C)c2n1. The number of alkyl halides is 3. The molecule has 3 aromatic heterocycles. The number of benzene rings is 1. The third kappa shape index (κ3) is 5.57. The van der Waals surface area contributed by atoms with E-state index in [0.29, 0.717) is 16.2 Å². The zero-order valence-corrected chi connectivity index (χ0v) is 22.8. The number of pyridine rings is 1. The second kappa shape index (κ2) is 10.2. The van der Waals surface area contributed by atoms with Crippen LogP contribution < -0.4 is 16.2 Å². The van der Waals surface area contributed by atoms with Gasteiger partial charge in [0, 0.05) is 29.8 Å². The molecule has 15 heteroatoms. The molecule has 0 spiro atoms. The van der Waals surface area contributed by atoms with Crippen molar-refractivity contribution in [1.29, 1.82) is 0 Å². The molecule has 1 aromatic carbocycles. The number of carbonyl (C=O) groups excluding carboxylic acids is 1. The topological polar surface area (TPSA) is 107 Å². The highest BCUT2D eigenvalue weighted by atomic mass is 35.5. The maximum absolute atomic E-state index is 14.8. The van der Waals surface area contributed by atoms with E-state index in [4.69, 9.17) is 11.6 Å². The second-order valence-electron chi connectivity index (χ2n) is 9.44. The number of nitrogens with one attached hydrogen (secondary N) is 2. The minimum absolute atomic E-state index is 0.0739. The number of halogens is 5. The molecule has 3 heterocycles. The Bertz CT molecular complexity index is 1660. The first kappa shape index (κ1) is 28.4. The van der Waals surface area contributed by atoms with E-state index >= 15 is 0 Å². The van der Waals surface area contributed by atoms with E-state index < -0.39 is 46.2 Å². The summed E-state index contributed by atoms with van der Waals surface area (Å²) in [6.07, 6.45) is -0.656. The largest absolute Gasteiger partial charge is 0.435 e. The first-order valence-corrected chi connectivity index (χ1v) is 12.9. The van der Waals surface area contributed by atoms with Gasteiger partial charge in [-0.25, -0.2) is 19.2 Å². The summed E-state index contributed by atoms with van der Waals surface area (Å²) in [5.41, 5.74) is -3.21. The standard InChI is InChI=1S/C24H22ClF4N7O2S/c1-23(2,3)36-18(24(27,28)29)17(10-31-36)33-21(38)32-16-7-12(14(25)8-15(16)26)13-6-11-9-30-22(39-5)34-19(11)35(4)20(13)37/h6-10H,1-5H3,(H2,32,33,38). The van der Waals surface area contributed by atoms with Crippen LogP contribution in [0.2, 0.25) is 5.02 Å². The molecule has 0 atom stereocenters. The van der Waals surface area contributed by atoms with Gasteiger partial charge in [0.05, 0.1) is 28.1 Å². The second-order valence-corrected chi connectivity index (χ2v) is 10.6. The number of anilines is 2. The van der Waals surface area contributed by atoms with Crippen LogP contribution in [0.3, 0.4) is 0 Å². The number of aryl methyl sites for hydroxylation is 1. The molecule has 0 saturated heterocycles. The maximum atomic E-state index is 14.8. The number of rotatable bonds is 4. The van der Waals surface area contributed by atoms with Crippen molar-refractivity contribution in [3.63, 3.8) is 0 Å². The first-order chi connectivity index (χ1) is 18.1. The number of fused-ring (bicyclic) bond motifs is 1. The summed E-state index contributed by atoms with van der Waals surface area (Å²) < 4.78 is 58.1. The van der Waals surface area contributed by atoms with Gasteiger partial charge in [-0.1, -0.05) is 23.4 Å². The molecule has 0 unspecified atom stereocenters. The van der Waals surface area contributed by atoms with E-state index in [0.717, 1.165) is 23.0 Å². The van der Waals surface area contributed by atoms with Gasteiger partial charge in [0.1, 0.15) is 11.5 Å². The molecule has 2 amide bonds. The van der Waals surface area contributed by atoms with Gasteiger partial charge in [0.15, 0.2) is 10.9 Å². The number of nitrogens with zero attached hydrogens (tertiary/aromatic N) is 5. The monoisotopic (exact) mass is 583 g/mol. The van der Waals surface area contributed by atoms with E-state index in [1.807, 2.05) is 0 Å². The van der Waals surface area contributed by atoms with Crippen LogP contribution in [0.4, 0.5) is 33.7 Å². The average molecular weight is 584 g/mol. The Hall–Kier alpha value is -3.65. The van der Waals surface area contributed by atoms with E-state index in [1.54, 1.807) is 6.26 Å². The fourth-order valence-corrected chi connectivity index (χ4v) is 4.46. The predicted molar refractivity (Wildman–Crippen MR) is 142 cm³/mol. The van der Waals surface area contributed by atoms with Crippen LogP contribution in [0, 0.1) is 5.82 Å². The lowest BCUT2D eigenvalue weighted by atomic mass is 10.0. The van der Waals surface area contributed by atoms with Crippen LogP contribution >= 0.6 is 23.4 Å². The molecule has 0 fully saturated rings. The van der Waals surface area contributed by atoms with Crippen molar-refractivity contribution < 1.29 is 22.4 Å². The van der Waals surface area contributed by atoms with Crippen molar-refractivity contribution in [2.45, 2.75) is 37.6 Å². The molecule has 9 nitrogen and oxygen atoms in total.